The maximum atomic E-state index is 10.4. The maximum absolute atomic E-state index is 10.4. The van der Waals surface area contributed by atoms with Gasteiger partial charge in [-0.25, -0.2) is 0 Å². The summed E-state index contributed by atoms with van der Waals surface area (Å²) in [7, 11) is 1.67. The van der Waals surface area contributed by atoms with Crippen LogP contribution in [0.15, 0.2) is 18.2 Å². The molecule has 2 saturated heterocycles. The van der Waals surface area contributed by atoms with E-state index in [0.29, 0.717) is 11.7 Å². The number of nitrogens with one attached hydrogen (secondary N) is 1. The van der Waals surface area contributed by atoms with Gasteiger partial charge in [-0.1, -0.05) is 0 Å². The Hall–Kier alpha value is -0.720. The molecule has 2 aliphatic rings. The SMILES string of the molecule is COc1ccc(O)c([C@H](C2CCOCC2)N2CCNCC2)c1.Cl.Cl. The van der Waals surface area contributed by atoms with Gasteiger partial charge in [-0.2, -0.15) is 0 Å². The summed E-state index contributed by atoms with van der Waals surface area (Å²) >= 11 is 0. The number of benzene rings is 1. The third kappa shape index (κ3) is 4.90. The molecule has 5 nitrogen and oxygen atoms in total. The number of aromatic hydroxyl groups is 1. The highest BCUT2D eigenvalue weighted by atomic mass is 35.5. The fourth-order valence-electron chi connectivity index (χ4n) is 3.64. The van der Waals surface area contributed by atoms with E-state index in [9.17, 15) is 5.11 Å². The molecule has 1 atom stereocenters. The predicted octanol–water partition coefficient (Wildman–Crippen LogP) is 2.62. The van der Waals surface area contributed by atoms with Gasteiger partial charge in [0, 0.05) is 51.0 Å². The average molecular weight is 379 g/mol. The molecule has 24 heavy (non-hydrogen) atoms. The number of ether oxygens (including phenoxy) is 2. The number of piperazine rings is 1. The van der Waals surface area contributed by atoms with E-state index in [1.54, 1.807) is 13.2 Å². The van der Waals surface area contributed by atoms with Gasteiger partial charge in [-0.15, -0.1) is 24.8 Å². The lowest BCUT2D eigenvalue weighted by Gasteiger charge is -2.41. The van der Waals surface area contributed by atoms with Crippen LogP contribution in [0.3, 0.4) is 0 Å². The molecule has 0 radical (unpaired) electrons. The van der Waals surface area contributed by atoms with Crippen LogP contribution in [-0.2, 0) is 4.74 Å². The summed E-state index contributed by atoms with van der Waals surface area (Å²) in [5, 5.41) is 13.8. The molecule has 2 heterocycles. The van der Waals surface area contributed by atoms with E-state index in [0.717, 1.165) is 63.5 Å². The Morgan fingerprint density at radius 3 is 2.50 bits per heavy atom. The fourth-order valence-corrected chi connectivity index (χ4v) is 3.64. The molecule has 1 aromatic rings. The summed E-state index contributed by atoms with van der Waals surface area (Å²) in [5.74, 6) is 1.70. The van der Waals surface area contributed by atoms with Gasteiger partial charge >= 0.3 is 0 Å². The van der Waals surface area contributed by atoms with Crippen molar-refractivity contribution in [2.75, 3.05) is 46.5 Å². The number of phenols is 1. The molecule has 0 bridgehead atoms. The minimum absolute atomic E-state index is 0. The molecule has 2 fully saturated rings. The Morgan fingerprint density at radius 1 is 1.21 bits per heavy atom. The normalized spacial score (nSPS) is 20.5. The van der Waals surface area contributed by atoms with Crippen molar-refractivity contribution in [3.8, 4) is 11.5 Å². The van der Waals surface area contributed by atoms with Gasteiger partial charge in [0.25, 0.3) is 0 Å². The number of nitrogens with zero attached hydrogens (tertiary/aromatic N) is 1. The standard InChI is InChI=1S/C17H26N2O3.2ClH/c1-21-14-2-3-16(20)15(12-14)17(13-4-10-22-11-5-13)19-8-6-18-7-9-19;;/h2-3,12-13,17-18,20H,4-11H2,1H3;2*1H/t17-;;/m0../s1. The molecule has 2 aliphatic heterocycles. The van der Waals surface area contributed by atoms with Crippen molar-refractivity contribution in [3.05, 3.63) is 23.8 Å². The smallest absolute Gasteiger partial charge is 0.120 e. The molecule has 0 saturated carbocycles. The Balaban J connectivity index is 0.00000144. The molecule has 0 amide bonds. The molecule has 7 heteroatoms. The van der Waals surface area contributed by atoms with Crippen molar-refractivity contribution < 1.29 is 14.6 Å². The van der Waals surface area contributed by atoms with Crippen LogP contribution in [0.1, 0.15) is 24.4 Å². The van der Waals surface area contributed by atoms with Crippen LogP contribution >= 0.6 is 24.8 Å². The van der Waals surface area contributed by atoms with Crippen LogP contribution in [0.4, 0.5) is 0 Å². The quantitative estimate of drug-likeness (QED) is 0.843. The first-order valence-electron chi connectivity index (χ1n) is 8.19. The number of phenolic OH excluding ortho intramolecular Hbond substituents is 1. The molecule has 2 N–H and O–H groups in total. The lowest BCUT2D eigenvalue weighted by atomic mass is 9.85. The zero-order valence-corrected chi connectivity index (χ0v) is 15.7. The number of hydrogen-bond acceptors (Lipinski definition) is 5. The Morgan fingerprint density at radius 2 is 1.88 bits per heavy atom. The second-order valence-electron chi connectivity index (χ2n) is 6.11. The van der Waals surface area contributed by atoms with Crippen molar-refractivity contribution in [1.82, 2.24) is 10.2 Å². The lowest BCUT2D eigenvalue weighted by Crippen LogP contribution is -2.47. The highest BCUT2D eigenvalue weighted by Gasteiger charge is 2.33. The van der Waals surface area contributed by atoms with Crippen LogP contribution < -0.4 is 10.1 Å². The van der Waals surface area contributed by atoms with E-state index in [1.165, 1.54) is 0 Å². The van der Waals surface area contributed by atoms with E-state index >= 15 is 0 Å². The highest BCUT2D eigenvalue weighted by Crippen LogP contribution is 2.40. The first-order valence-corrected chi connectivity index (χ1v) is 8.19. The summed E-state index contributed by atoms with van der Waals surface area (Å²) in [6.45, 7) is 5.67. The van der Waals surface area contributed by atoms with Crippen molar-refractivity contribution in [1.29, 1.82) is 0 Å². The minimum atomic E-state index is 0. The maximum Gasteiger partial charge on any atom is 0.120 e. The van der Waals surface area contributed by atoms with Crippen LogP contribution in [-0.4, -0.2) is 56.5 Å². The average Bonchev–Trinajstić information content (AvgIpc) is 2.59. The van der Waals surface area contributed by atoms with E-state index in [4.69, 9.17) is 9.47 Å². The summed E-state index contributed by atoms with van der Waals surface area (Å²) in [5.41, 5.74) is 0.994. The second kappa shape index (κ2) is 10.3. The van der Waals surface area contributed by atoms with E-state index in [-0.39, 0.29) is 30.9 Å². The van der Waals surface area contributed by atoms with Gasteiger partial charge in [0.05, 0.1) is 7.11 Å². The number of halogens is 2. The first-order chi connectivity index (χ1) is 10.8. The second-order valence-corrected chi connectivity index (χ2v) is 6.11. The Bertz CT molecular complexity index is 475. The topological polar surface area (TPSA) is 54.0 Å². The molecule has 0 unspecified atom stereocenters. The molecule has 0 aliphatic carbocycles. The van der Waals surface area contributed by atoms with Gasteiger partial charge in [-0.3, -0.25) is 4.90 Å². The van der Waals surface area contributed by atoms with Crippen LogP contribution in [0.25, 0.3) is 0 Å². The van der Waals surface area contributed by atoms with Crippen molar-refractivity contribution in [3.63, 3.8) is 0 Å². The minimum Gasteiger partial charge on any atom is -0.508 e. The third-order valence-electron chi connectivity index (χ3n) is 4.81. The fraction of sp³-hybridized carbons (Fsp3) is 0.647. The Kier molecular flexibility index (Phi) is 9.16. The number of hydrogen-bond donors (Lipinski definition) is 2. The number of rotatable bonds is 4. The molecular weight excluding hydrogens is 351 g/mol. The lowest BCUT2D eigenvalue weighted by molar-refractivity contribution is 0.0206. The summed E-state index contributed by atoms with van der Waals surface area (Å²) < 4.78 is 10.9. The largest absolute Gasteiger partial charge is 0.508 e. The van der Waals surface area contributed by atoms with Gasteiger partial charge < -0.3 is 19.9 Å². The summed E-state index contributed by atoms with van der Waals surface area (Å²) in [6, 6.07) is 5.80. The molecular formula is C17H28Cl2N2O3. The van der Waals surface area contributed by atoms with Crippen LogP contribution in [0, 0.1) is 5.92 Å². The molecule has 0 aromatic heterocycles. The highest BCUT2D eigenvalue weighted by molar-refractivity contribution is 5.85. The van der Waals surface area contributed by atoms with Crippen LogP contribution in [0.5, 0.6) is 11.5 Å². The zero-order valence-electron chi connectivity index (χ0n) is 14.1. The van der Waals surface area contributed by atoms with Gasteiger partial charge in [0.15, 0.2) is 0 Å². The van der Waals surface area contributed by atoms with Gasteiger partial charge in [0.2, 0.25) is 0 Å². The van der Waals surface area contributed by atoms with E-state index in [1.807, 2.05) is 12.1 Å². The molecule has 138 valence electrons. The summed E-state index contributed by atoms with van der Waals surface area (Å²) in [4.78, 5) is 2.50. The zero-order chi connectivity index (χ0) is 15.4. The van der Waals surface area contributed by atoms with Gasteiger partial charge in [0.1, 0.15) is 11.5 Å². The van der Waals surface area contributed by atoms with Crippen molar-refractivity contribution in [2.45, 2.75) is 18.9 Å². The van der Waals surface area contributed by atoms with Gasteiger partial charge in [-0.05, 0) is 37.0 Å². The van der Waals surface area contributed by atoms with Crippen molar-refractivity contribution >= 4 is 24.8 Å². The number of methoxy groups -OCH3 is 1. The molecule has 3 rings (SSSR count). The van der Waals surface area contributed by atoms with E-state index in [2.05, 4.69) is 10.2 Å². The summed E-state index contributed by atoms with van der Waals surface area (Å²) in [6.07, 6.45) is 2.09. The van der Waals surface area contributed by atoms with Crippen molar-refractivity contribution in [2.24, 2.45) is 5.92 Å². The van der Waals surface area contributed by atoms with Crippen LogP contribution in [0.2, 0.25) is 0 Å². The Labute approximate surface area is 156 Å². The monoisotopic (exact) mass is 378 g/mol. The predicted molar refractivity (Wildman–Crippen MR) is 99.9 cm³/mol. The third-order valence-corrected chi connectivity index (χ3v) is 4.81. The molecule has 1 aromatic carbocycles. The first kappa shape index (κ1) is 21.3. The molecule has 0 spiro atoms. The van der Waals surface area contributed by atoms with E-state index < -0.39 is 0 Å².